The van der Waals surface area contributed by atoms with Crippen molar-refractivity contribution in [2.24, 2.45) is 0 Å². The van der Waals surface area contributed by atoms with E-state index in [-0.39, 0.29) is 0 Å². The minimum absolute atomic E-state index is 0.606. The highest BCUT2D eigenvalue weighted by atomic mass is 32.1. The predicted molar refractivity (Wildman–Crippen MR) is 116 cm³/mol. The topological polar surface area (TPSA) is 46.6 Å². The van der Waals surface area contributed by atoms with Crippen LogP contribution in [0.2, 0.25) is 0 Å². The lowest BCUT2D eigenvalue weighted by molar-refractivity contribution is 0.378. The summed E-state index contributed by atoms with van der Waals surface area (Å²) in [4.78, 5) is 6.30. The molecule has 0 aliphatic rings. The third kappa shape index (κ3) is 5.20. The lowest BCUT2D eigenvalue weighted by Gasteiger charge is -2.27. The number of hydrogen-bond donors (Lipinski definition) is 1. The van der Waals surface area contributed by atoms with Crippen LogP contribution in [0.5, 0.6) is 11.5 Å². The minimum atomic E-state index is 0.606. The van der Waals surface area contributed by atoms with Gasteiger partial charge in [-0.05, 0) is 42.0 Å². The maximum atomic E-state index is 5.73. The van der Waals surface area contributed by atoms with E-state index in [4.69, 9.17) is 21.7 Å². The van der Waals surface area contributed by atoms with Gasteiger partial charge in [0.1, 0.15) is 11.5 Å². The molecule has 0 amide bonds. The van der Waals surface area contributed by atoms with Crippen molar-refractivity contribution < 1.29 is 9.47 Å². The normalized spacial score (nSPS) is 10.2. The Morgan fingerprint density at radius 2 is 1.86 bits per heavy atom. The average molecular weight is 394 g/mol. The average Bonchev–Trinajstić information content (AvgIpc) is 2.74. The Hall–Kier alpha value is -3.12. The van der Waals surface area contributed by atoms with Crippen LogP contribution in [0.15, 0.2) is 73.1 Å². The molecule has 6 heteroatoms. The van der Waals surface area contributed by atoms with Crippen LogP contribution in [0.25, 0.3) is 0 Å². The summed E-state index contributed by atoms with van der Waals surface area (Å²) in [5, 5.41) is 3.92. The Morgan fingerprint density at radius 3 is 2.61 bits per heavy atom. The summed E-state index contributed by atoms with van der Waals surface area (Å²) in [7, 11) is 3.32. The molecule has 0 spiro atoms. The fraction of sp³-hybridized carbons (Fsp3) is 0.182. The highest BCUT2D eigenvalue weighted by Crippen LogP contribution is 2.22. The predicted octanol–water partition coefficient (Wildman–Crippen LogP) is 4.50. The molecule has 0 bridgehead atoms. The van der Waals surface area contributed by atoms with Crippen molar-refractivity contribution >= 4 is 23.0 Å². The van der Waals surface area contributed by atoms with E-state index < -0.39 is 0 Å². The molecule has 0 aliphatic carbocycles. The summed E-state index contributed by atoms with van der Waals surface area (Å²) < 4.78 is 10.8. The first kappa shape index (κ1) is 19.6. The molecule has 0 radical (unpaired) electrons. The third-order valence-corrected chi connectivity index (χ3v) is 4.62. The van der Waals surface area contributed by atoms with Gasteiger partial charge in [0.15, 0.2) is 5.11 Å². The summed E-state index contributed by atoms with van der Waals surface area (Å²) in [5.74, 6) is 1.61. The second kappa shape index (κ2) is 9.71. The number of nitrogens with zero attached hydrogens (tertiary/aromatic N) is 2. The molecule has 3 aromatic rings. The van der Waals surface area contributed by atoms with E-state index in [1.165, 1.54) is 0 Å². The molecule has 1 N–H and O–H groups in total. The molecule has 5 nitrogen and oxygen atoms in total. The number of thiocarbonyl (C=S) groups is 1. The standard InChI is InChI=1S/C22H23N3O2S/c1-26-20-10-5-9-19(13-20)24-22(28)25(15-17-7-6-12-23-14-17)16-18-8-3-4-11-21(18)27-2/h3-14H,15-16H2,1-2H3,(H,24,28). The zero-order valence-corrected chi connectivity index (χ0v) is 16.8. The van der Waals surface area contributed by atoms with Gasteiger partial charge in [-0.15, -0.1) is 0 Å². The Morgan fingerprint density at radius 1 is 1.00 bits per heavy atom. The van der Waals surface area contributed by atoms with Crippen LogP contribution in [0.3, 0.4) is 0 Å². The van der Waals surface area contributed by atoms with Gasteiger partial charge in [-0.2, -0.15) is 0 Å². The highest BCUT2D eigenvalue weighted by Gasteiger charge is 2.14. The molecule has 1 aromatic heterocycles. The van der Waals surface area contributed by atoms with Crippen molar-refractivity contribution in [1.82, 2.24) is 9.88 Å². The summed E-state index contributed by atoms with van der Waals surface area (Å²) >= 11 is 5.73. The molecule has 0 unspecified atom stereocenters. The van der Waals surface area contributed by atoms with E-state index in [1.54, 1.807) is 20.4 Å². The van der Waals surface area contributed by atoms with Crippen molar-refractivity contribution in [2.45, 2.75) is 13.1 Å². The van der Waals surface area contributed by atoms with Gasteiger partial charge in [-0.25, -0.2) is 0 Å². The summed E-state index contributed by atoms with van der Waals surface area (Å²) in [6.07, 6.45) is 3.62. The fourth-order valence-electron chi connectivity index (χ4n) is 2.85. The first-order valence-electron chi connectivity index (χ1n) is 8.90. The van der Waals surface area contributed by atoms with Crippen molar-refractivity contribution in [2.75, 3.05) is 19.5 Å². The van der Waals surface area contributed by atoms with Crippen molar-refractivity contribution in [1.29, 1.82) is 0 Å². The summed E-state index contributed by atoms with van der Waals surface area (Å²) in [5.41, 5.74) is 3.01. The number of hydrogen-bond acceptors (Lipinski definition) is 4. The number of ether oxygens (including phenoxy) is 2. The zero-order chi connectivity index (χ0) is 19.8. The van der Waals surface area contributed by atoms with Gasteiger partial charge < -0.3 is 19.7 Å². The van der Waals surface area contributed by atoms with Crippen LogP contribution in [0.4, 0.5) is 5.69 Å². The van der Waals surface area contributed by atoms with E-state index in [0.717, 1.165) is 28.3 Å². The number of nitrogens with one attached hydrogen (secondary N) is 1. The number of aromatic nitrogens is 1. The van der Waals surface area contributed by atoms with Crippen LogP contribution in [0.1, 0.15) is 11.1 Å². The van der Waals surface area contributed by atoms with Crippen molar-refractivity contribution in [3.8, 4) is 11.5 Å². The number of methoxy groups -OCH3 is 2. The van der Waals surface area contributed by atoms with Crippen molar-refractivity contribution in [3.05, 3.63) is 84.2 Å². The molecule has 1 heterocycles. The number of rotatable bonds is 7. The summed E-state index contributed by atoms with van der Waals surface area (Å²) in [6, 6.07) is 19.6. The number of para-hydroxylation sites is 1. The zero-order valence-electron chi connectivity index (χ0n) is 16.0. The van der Waals surface area contributed by atoms with Crippen LogP contribution in [-0.2, 0) is 13.1 Å². The van der Waals surface area contributed by atoms with E-state index in [1.807, 2.05) is 66.9 Å². The monoisotopic (exact) mass is 393 g/mol. The van der Waals surface area contributed by atoms with Gasteiger partial charge in [-0.1, -0.05) is 30.3 Å². The number of anilines is 1. The molecule has 2 aromatic carbocycles. The SMILES string of the molecule is COc1cccc(NC(=S)N(Cc2cccnc2)Cc2ccccc2OC)c1. The van der Waals surface area contributed by atoms with Crippen LogP contribution in [-0.4, -0.2) is 29.2 Å². The minimum Gasteiger partial charge on any atom is -0.497 e. The Kier molecular flexibility index (Phi) is 6.81. The molecule has 0 aliphatic heterocycles. The fourth-order valence-corrected chi connectivity index (χ4v) is 3.10. The first-order chi connectivity index (χ1) is 13.7. The van der Waals surface area contributed by atoms with E-state index >= 15 is 0 Å². The second-order valence-electron chi connectivity index (χ2n) is 6.19. The van der Waals surface area contributed by atoms with Gasteiger partial charge in [0.05, 0.1) is 14.2 Å². The Bertz CT molecular complexity index is 918. The Labute approximate surface area is 170 Å². The highest BCUT2D eigenvalue weighted by molar-refractivity contribution is 7.80. The largest absolute Gasteiger partial charge is 0.497 e. The van der Waals surface area contributed by atoms with Crippen molar-refractivity contribution in [3.63, 3.8) is 0 Å². The lowest BCUT2D eigenvalue weighted by Crippen LogP contribution is -2.34. The van der Waals surface area contributed by atoms with Gasteiger partial charge in [-0.3, -0.25) is 4.98 Å². The molecular weight excluding hydrogens is 370 g/mol. The van der Waals surface area contributed by atoms with E-state index in [0.29, 0.717) is 18.2 Å². The maximum absolute atomic E-state index is 5.73. The summed E-state index contributed by atoms with van der Waals surface area (Å²) in [6.45, 7) is 1.23. The van der Waals surface area contributed by atoms with Gasteiger partial charge in [0.25, 0.3) is 0 Å². The van der Waals surface area contributed by atoms with Gasteiger partial charge in [0.2, 0.25) is 0 Å². The quantitative estimate of drug-likeness (QED) is 0.597. The van der Waals surface area contributed by atoms with Crippen LogP contribution < -0.4 is 14.8 Å². The smallest absolute Gasteiger partial charge is 0.174 e. The van der Waals surface area contributed by atoms with E-state index in [2.05, 4.69) is 15.2 Å². The molecular formula is C22H23N3O2S. The lowest BCUT2D eigenvalue weighted by atomic mass is 10.1. The van der Waals surface area contributed by atoms with Gasteiger partial charge in [0, 0.05) is 42.8 Å². The third-order valence-electron chi connectivity index (χ3n) is 4.26. The maximum Gasteiger partial charge on any atom is 0.174 e. The second-order valence-corrected chi connectivity index (χ2v) is 6.58. The molecule has 0 atom stereocenters. The van der Waals surface area contributed by atoms with E-state index in [9.17, 15) is 0 Å². The molecule has 0 fully saturated rings. The molecule has 3 rings (SSSR count). The van der Waals surface area contributed by atoms with Gasteiger partial charge >= 0.3 is 0 Å². The number of pyridine rings is 1. The molecule has 28 heavy (non-hydrogen) atoms. The Balaban J connectivity index is 1.83. The number of benzene rings is 2. The molecule has 144 valence electrons. The van der Waals surface area contributed by atoms with Crippen LogP contribution in [0, 0.1) is 0 Å². The molecule has 0 saturated heterocycles. The first-order valence-corrected chi connectivity index (χ1v) is 9.31. The van der Waals surface area contributed by atoms with Crippen LogP contribution >= 0.6 is 12.2 Å². The molecule has 0 saturated carbocycles.